The largest absolute Gasteiger partial charge is 0.487 e. The molecule has 2 N–H and O–H groups in total. The van der Waals surface area contributed by atoms with Gasteiger partial charge in [-0.3, -0.25) is 9.48 Å². The van der Waals surface area contributed by atoms with Crippen molar-refractivity contribution in [2.45, 2.75) is 40.3 Å². The van der Waals surface area contributed by atoms with Gasteiger partial charge in [-0.1, -0.05) is 6.92 Å². The van der Waals surface area contributed by atoms with Gasteiger partial charge in [0.15, 0.2) is 5.78 Å². The van der Waals surface area contributed by atoms with Crippen molar-refractivity contribution >= 4 is 11.5 Å². The van der Waals surface area contributed by atoms with Gasteiger partial charge >= 0.3 is 0 Å². The van der Waals surface area contributed by atoms with Crippen molar-refractivity contribution in [1.82, 2.24) is 9.78 Å². The van der Waals surface area contributed by atoms with E-state index in [0.717, 1.165) is 24.4 Å². The summed E-state index contributed by atoms with van der Waals surface area (Å²) in [7, 11) is 0. The summed E-state index contributed by atoms with van der Waals surface area (Å²) in [6.45, 7) is 6.79. The second-order valence-corrected chi connectivity index (χ2v) is 4.90. The van der Waals surface area contributed by atoms with E-state index in [4.69, 9.17) is 10.5 Å². The van der Waals surface area contributed by atoms with Crippen LogP contribution in [0.1, 0.15) is 42.5 Å². The summed E-state index contributed by atoms with van der Waals surface area (Å²) in [5, 5.41) is 4.48. The van der Waals surface area contributed by atoms with Gasteiger partial charge in [0.25, 0.3) is 0 Å². The summed E-state index contributed by atoms with van der Waals surface area (Å²) in [5.41, 5.74) is 8.82. The first kappa shape index (κ1) is 15.1. The summed E-state index contributed by atoms with van der Waals surface area (Å²) >= 11 is 0. The molecule has 112 valence electrons. The van der Waals surface area contributed by atoms with Crippen molar-refractivity contribution in [3.05, 3.63) is 41.2 Å². The van der Waals surface area contributed by atoms with E-state index >= 15 is 0 Å². The third kappa shape index (κ3) is 3.42. The monoisotopic (exact) mass is 287 g/mol. The number of anilines is 1. The lowest BCUT2D eigenvalue weighted by Gasteiger charge is -2.11. The highest BCUT2D eigenvalue weighted by Crippen LogP contribution is 2.23. The smallest absolute Gasteiger partial charge is 0.163 e. The molecule has 0 radical (unpaired) electrons. The molecule has 1 aromatic carbocycles. The van der Waals surface area contributed by atoms with E-state index in [1.807, 2.05) is 17.7 Å². The molecule has 0 saturated heterocycles. The molecule has 5 heteroatoms. The van der Waals surface area contributed by atoms with E-state index in [1.165, 1.54) is 6.92 Å². The lowest BCUT2D eigenvalue weighted by atomic mass is 10.1. The average Bonchev–Trinajstić information content (AvgIpc) is 2.88. The van der Waals surface area contributed by atoms with Crippen LogP contribution in [-0.2, 0) is 19.6 Å². The predicted octanol–water partition coefficient (Wildman–Crippen LogP) is 2.83. The molecular formula is C16H21N3O2. The number of hydrogen-bond donors (Lipinski definition) is 1. The Balaban J connectivity index is 2.20. The number of hydrogen-bond acceptors (Lipinski definition) is 4. The standard InChI is InChI=1S/C16H21N3O2/c1-4-13-9-14(19(5-2)18-13)10-21-16-7-6-12(17)8-15(16)11(3)20/h6-9H,4-5,10,17H2,1-3H3. The average molecular weight is 287 g/mol. The summed E-state index contributed by atoms with van der Waals surface area (Å²) in [6.07, 6.45) is 0.889. The molecule has 0 aliphatic carbocycles. The van der Waals surface area contributed by atoms with Crippen molar-refractivity contribution in [2.75, 3.05) is 5.73 Å². The van der Waals surface area contributed by atoms with Crippen LogP contribution < -0.4 is 10.5 Å². The van der Waals surface area contributed by atoms with Crippen LogP contribution in [0.15, 0.2) is 24.3 Å². The quantitative estimate of drug-likeness (QED) is 0.655. The Kier molecular flexibility index (Phi) is 4.62. The van der Waals surface area contributed by atoms with Crippen LogP contribution >= 0.6 is 0 Å². The third-order valence-corrected chi connectivity index (χ3v) is 3.33. The molecule has 2 aromatic rings. The second-order valence-electron chi connectivity index (χ2n) is 4.90. The van der Waals surface area contributed by atoms with Crippen molar-refractivity contribution in [3.63, 3.8) is 0 Å². The first-order valence-corrected chi connectivity index (χ1v) is 7.14. The van der Waals surface area contributed by atoms with Crippen LogP contribution in [0.25, 0.3) is 0 Å². The Bertz CT molecular complexity index is 647. The van der Waals surface area contributed by atoms with Gasteiger partial charge in [-0.15, -0.1) is 0 Å². The van der Waals surface area contributed by atoms with Gasteiger partial charge in [-0.05, 0) is 44.5 Å². The Morgan fingerprint density at radius 2 is 2.10 bits per heavy atom. The Morgan fingerprint density at radius 3 is 2.71 bits per heavy atom. The van der Waals surface area contributed by atoms with Crippen LogP contribution in [0, 0.1) is 0 Å². The zero-order valence-electron chi connectivity index (χ0n) is 12.7. The fraction of sp³-hybridized carbons (Fsp3) is 0.375. The highest BCUT2D eigenvalue weighted by atomic mass is 16.5. The molecule has 0 fully saturated rings. The number of nitrogens with zero attached hydrogens (tertiary/aromatic N) is 2. The molecular weight excluding hydrogens is 266 g/mol. The minimum absolute atomic E-state index is 0.0597. The Hall–Kier alpha value is -2.30. The fourth-order valence-corrected chi connectivity index (χ4v) is 2.18. The molecule has 0 aliphatic heterocycles. The molecule has 21 heavy (non-hydrogen) atoms. The normalized spacial score (nSPS) is 10.6. The highest BCUT2D eigenvalue weighted by molar-refractivity contribution is 5.97. The van der Waals surface area contributed by atoms with Crippen molar-refractivity contribution < 1.29 is 9.53 Å². The summed E-state index contributed by atoms with van der Waals surface area (Å²) < 4.78 is 7.72. The van der Waals surface area contributed by atoms with Crippen LogP contribution in [-0.4, -0.2) is 15.6 Å². The maximum Gasteiger partial charge on any atom is 0.163 e. The maximum absolute atomic E-state index is 11.7. The molecule has 0 unspecified atom stereocenters. The van der Waals surface area contributed by atoms with Gasteiger partial charge in [0, 0.05) is 12.2 Å². The number of Topliss-reactive ketones (excluding diaryl/α,β-unsaturated/α-hetero) is 1. The summed E-state index contributed by atoms with van der Waals surface area (Å²) in [6, 6.07) is 7.15. The zero-order valence-corrected chi connectivity index (χ0v) is 12.7. The number of carbonyl (C=O) groups is 1. The maximum atomic E-state index is 11.7. The van der Waals surface area contributed by atoms with Gasteiger partial charge in [0.2, 0.25) is 0 Å². The number of ether oxygens (including phenoxy) is 1. The van der Waals surface area contributed by atoms with Gasteiger partial charge in [-0.25, -0.2) is 0 Å². The number of rotatable bonds is 6. The van der Waals surface area contributed by atoms with Crippen LogP contribution in [0.5, 0.6) is 5.75 Å². The SMILES string of the molecule is CCc1cc(COc2ccc(N)cc2C(C)=O)n(CC)n1. The second kappa shape index (κ2) is 6.43. The zero-order chi connectivity index (χ0) is 15.4. The number of nitrogens with two attached hydrogens (primary N) is 1. The minimum atomic E-state index is -0.0597. The molecule has 0 bridgehead atoms. The first-order chi connectivity index (χ1) is 10.0. The molecule has 0 spiro atoms. The van der Waals surface area contributed by atoms with Crippen LogP contribution in [0.3, 0.4) is 0 Å². The van der Waals surface area contributed by atoms with E-state index in [-0.39, 0.29) is 5.78 Å². The minimum Gasteiger partial charge on any atom is -0.487 e. The topological polar surface area (TPSA) is 70.1 Å². The number of aryl methyl sites for hydroxylation is 2. The summed E-state index contributed by atoms with van der Waals surface area (Å²) in [4.78, 5) is 11.7. The predicted molar refractivity (Wildman–Crippen MR) is 82.5 cm³/mol. The molecule has 0 saturated carbocycles. The van der Waals surface area contributed by atoms with E-state index in [9.17, 15) is 4.79 Å². The third-order valence-electron chi connectivity index (χ3n) is 3.33. The number of aromatic nitrogens is 2. The molecule has 0 aliphatic rings. The van der Waals surface area contributed by atoms with Crippen molar-refractivity contribution in [3.8, 4) is 5.75 Å². The van der Waals surface area contributed by atoms with Crippen LogP contribution in [0.4, 0.5) is 5.69 Å². The van der Waals surface area contributed by atoms with Crippen LogP contribution in [0.2, 0.25) is 0 Å². The van der Waals surface area contributed by atoms with E-state index in [2.05, 4.69) is 12.0 Å². The van der Waals surface area contributed by atoms with E-state index in [0.29, 0.717) is 23.6 Å². The van der Waals surface area contributed by atoms with Crippen molar-refractivity contribution in [1.29, 1.82) is 0 Å². The summed E-state index contributed by atoms with van der Waals surface area (Å²) in [5.74, 6) is 0.495. The molecule has 1 aromatic heterocycles. The lowest BCUT2D eigenvalue weighted by Crippen LogP contribution is -2.08. The lowest BCUT2D eigenvalue weighted by molar-refractivity contribution is 0.101. The van der Waals surface area contributed by atoms with E-state index < -0.39 is 0 Å². The van der Waals surface area contributed by atoms with E-state index in [1.54, 1.807) is 18.2 Å². The highest BCUT2D eigenvalue weighted by Gasteiger charge is 2.11. The molecule has 1 heterocycles. The van der Waals surface area contributed by atoms with Gasteiger partial charge in [-0.2, -0.15) is 5.10 Å². The fourth-order valence-electron chi connectivity index (χ4n) is 2.18. The molecule has 0 amide bonds. The number of benzene rings is 1. The molecule has 0 atom stereocenters. The van der Waals surface area contributed by atoms with Gasteiger partial charge in [0.1, 0.15) is 12.4 Å². The number of carbonyl (C=O) groups excluding carboxylic acids is 1. The molecule has 2 rings (SSSR count). The number of ketones is 1. The van der Waals surface area contributed by atoms with Gasteiger partial charge in [0.05, 0.1) is 17.0 Å². The Morgan fingerprint density at radius 1 is 1.33 bits per heavy atom. The van der Waals surface area contributed by atoms with Crippen molar-refractivity contribution in [2.24, 2.45) is 0 Å². The Labute approximate surface area is 124 Å². The first-order valence-electron chi connectivity index (χ1n) is 7.14. The molecule has 5 nitrogen and oxygen atoms in total. The van der Waals surface area contributed by atoms with Gasteiger partial charge < -0.3 is 10.5 Å². The number of nitrogen functional groups attached to an aromatic ring is 1.